The summed E-state index contributed by atoms with van der Waals surface area (Å²) in [6, 6.07) is 10.6. The van der Waals surface area contributed by atoms with Gasteiger partial charge in [-0.25, -0.2) is 0 Å². The van der Waals surface area contributed by atoms with E-state index in [0.717, 1.165) is 88.5 Å². The molecule has 0 saturated carbocycles. The molecule has 0 unspecified atom stereocenters. The predicted molar refractivity (Wildman–Crippen MR) is 162 cm³/mol. The molecule has 2 aromatic rings. The highest BCUT2D eigenvalue weighted by atomic mass is 16.5. The minimum absolute atomic E-state index is 0.00442. The summed E-state index contributed by atoms with van der Waals surface area (Å²) in [6.07, 6.45) is 4.86. The highest BCUT2D eigenvalue weighted by Gasteiger charge is 2.35. The highest BCUT2D eigenvalue weighted by Crippen LogP contribution is 2.41. The fourth-order valence-electron chi connectivity index (χ4n) is 6.08. The molecule has 0 bridgehead atoms. The first-order valence-corrected chi connectivity index (χ1v) is 15.5. The van der Waals surface area contributed by atoms with Crippen molar-refractivity contribution in [2.24, 2.45) is 0 Å². The minimum Gasteiger partial charge on any atom is -0.493 e. The van der Waals surface area contributed by atoms with Crippen LogP contribution >= 0.6 is 0 Å². The van der Waals surface area contributed by atoms with E-state index < -0.39 is 5.60 Å². The third-order valence-corrected chi connectivity index (χ3v) is 9.14. The summed E-state index contributed by atoms with van der Waals surface area (Å²) >= 11 is 0. The van der Waals surface area contributed by atoms with Crippen LogP contribution in [0.2, 0.25) is 0 Å². The molecule has 1 fully saturated rings. The number of aliphatic hydroxyl groups is 1. The molecular formula is C33H53N3O4. The summed E-state index contributed by atoms with van der Waals surface area (Å²) in [4.78, 5) is 15.6. The second kappa shape index (κ2) is 15.0. The first kappa shape index (κ1) is 32.2. The van der Waals surface area contributed by atoms with Gasteiger partial charge in [-0.05, 0) is 81.8 Å². The largest absolute Gasteiger partial charge is 0.493 e. The van der Waals surface area contributed by atoms with Gasteiger partial charge in [0.1, 0.15) is 11.4 Å². The van der Waals surface area contributed by atoms with E-state index >= 15 is 0 Å². The third-order valence-electron chi connectivity index (χ3n) is 9.14. The number of carbonyl (C=O) groups excluding carboxylic acids is 1. The Morgan fingerprint density at radius 2 is 1.73 bits per heavy atom. The molecule has 1 saturated heterocycles. The zero-order valence-corrected chi connectivity index (χ0v) is 25.9. The number of hydrogen-bond acceptors (Lipinski definition) is 5. The number of rotatable bonds is 16. The van der Waals surface area contributed by atoms with E-state index in [2.05, 4.69) is 66.7 Å². The van der Waals surface area contributed by atoms with Crippen LogP contribution in [0.3, 0.4) is 0 Å². The quantitative estimate of drug-likeness (QED) is 0.260. The molecule has 2 heterocycles. The van der Waals surface area contributed by atoms with Crippen molar-refractivity contribution in [3.63, 3.8) is 0 Å². The van der Waals surface area contributed by atoms with Crippen molar-refractivity contribution in [3.8, 4) is 5.75 Å². The maximum absolute atomic E-state index is 13.2. The topological polar surface area (TPSA) is 76.0 Å². The van der Waals surface area contributed by atoms with Gasteiger partial charge in [-0.3, -0.25) is 9.69 Å². The van der Waals surface area contributed by atoms with Crippen molar-refractivity contribution in [1.29, 1.82) is 0 Å². The van der Waals surface area contributed by atoms with Gasteiger partial charge < -0.3 is 24.5 Å². The number of nitrogens with one attached hydrogen (secondary N) is 1. The Balaban J connectivity index is 1.74. The molecule has 1 aromatic carbocycles. The number of amides is 1. The second-order valence-corrected chi connectivity index (χ2v) is 11.2. The van der Waals surface area contributed by atoms with Gasteiger partial charge in [0.2, 0.25) is 0 Å². The molecule has 0 aliphatic carbocycles. The number of carbonyl (C=O) groups is 1. The molecule has 224 valence electrons. The molecule has 40 heavy (non-hydrogen) atoms. The normalized spacial score (nSPS) is 14.9. The molecule has 0 radical (unpaired) electrons. The molecule has 3 rings (SSSR count). The number of ether oxygens (including phenoxy) is 2. The number of aromatic nitrogens is 1. The molecular weight excluding hydrogens is 502 g/mol. The highest BCUT2D eigenvalue weighted by molar-refractivity contribution is 5.93. The van der Waals surface area contributed by atoms with Crippen molar-refractivity contribution < 1.29 is 19.4 Å². The maximum Gasteiger partial charge on any atom is 0.267 e. The lowest BCUT2D eigenvalue weighted by Gasteiger charge is -2.34. The van der Waals surface area contributed by atoms with Crippen LogP contribution < -0.4 is 10.1 Å². The Morgan fingerprint density at radius 1 is 1.02 bits per heavy atom. The Bertz CT molecular complexity index is 1070. The van der Waals surface area contributed by atoms with Crippen LogP contribution in [0.4, 0.5) is 0 Å². The zero-order chi connectivity index (χ0) is 29.2. The van der Waals surface area contributed by atoms with E-state index in [9.17, 15) is 9.90 Å². The Hall–Kier alpha value is -2.35. The lowest BCUT2D eigenvalue weighted by molar-refractivity contribution is 0.0116. The molecule has 1 aromatic heterocycles. The first-order chi connectivity index (χ1) is 19.3. The van der Waals surface area contributed by atoms with Gasteiger partial charge in [0.05, 0.1) is 25.4 Å². The average molecular weight is 556 g/mol. The molecule has 0 spiro atoms. The standard InChI is InChI=1S/C33H53N3O4/c1-7-32(38,8-2)17-22-40-29-15-13-27(25-26(29)6)33(9-3,10-4)30-16-14-28(36(30)11-5)31(37)34-18-12-19-35-20-23-39-24-21-35/h13-16,25,38H,7-12,17-24H2,1-6H3,(H,34,37). The van der Waals surface area contributed by atoms with E-state index in [4.69, 9.17) is 9.47 Å². The fraction of sp³-hybridized carbons (Fsp3) is 0.667. The van der Waals surface area contributed by atoms with Crippen LogP contribution in [-0.4, -0.2) is 72.1 Å². The van der Waals surface area contributed by atoms with Crippen molar-refractivity contribution >= 4 is 5.91 Å². The minimum atomic E-state index is -0.661. The molecule has 1 aliphatic rings. The Labute approximate surface area is 242 Å². The van der Waals surface area contributed by atoms with Crippen molar-refractivity contribution in [3.05, 3.63) is 52.8 Å². The van der Waals surface area contributed by atoms with Crippen LogP contribution in [0, 0.1) is 6.92 Å². The van der Waals surface area contributed by atoms with Crippen molar-refractivity contribution in [1.82, 2.24) is 14.8 Å². The third kappa shape index (κ3) is 7.48. The van der Waals surface area contributed by atoms with Crippen molar-refractivity contribution in [2.75, 3.05) is 46.0 Å². The summed E-state index contributed by atoms with van der Waals surface area (Å²) < 4.78 is 13.7. The van der Waals surface area contributed by atoms with Gasteiger partial charge in [-0.15, -0.1) is 0 Å². The van der Waals surface area contributed by atoms with Crippen LogP contribution in [0.5, 0.6) is 5.75 Å². The number of aryl methyl sites for hydroxylation is 1. The molecule has 2 N–H and O–H groups in total. The van der Waals surface area contributed by atoms with Crippen LogP contribution in [0.15, 0.2) is 30.3 Å². The zero-order valence-electron chi connectivity index (χ0n) is 25.9. The second-order valence-electron chi connectivity index (χ2n) is 11.2. The number of benzene rings is 1. The number of hydrogen-bond donors (Lipinski definition) is 2. The van der Waals surface area contributed by atoms with E-state index in [-0.39, 0.29) is 11.3 Å². The molecule has 1 aliphatic heterocycles. The van der Waals surface area contributed by atoms with E-state index in [1.54, 1.807) is 0 Å². The monoisotopic (exact) mass is 555 g/mol. The maximum atomic E-state index is 13.2. The van der Waals surface area contributed by atoms with Gasteiger partial charge in [0, 0.05) is 43.7 Å². The van der Waals surface area contributed by atoms with Gasteiger partial charge in [0.15, 0.2) is 0 Å². The van der Waals surface area contributed by atoms with Gasteiger partial charge in [-0.2, -0.15) is 0 Å². The van der Waals surface area contributed by atoms with Gasteiger partial charge in [0.25, 0.3) is 5.91 Å². The van der Waals surface area contributed by atoms with Gasteiger partial charge >= 0.3 is 0 Å². The van der Waals surface area contributed by atoms with E-state index in [0.29, 0.717) is 19.6 Å². The van der Waals surface area contributed by atoms with E-state index in [1.807, 2.05) is 19.9 Å². The summed E-state index contributed by atoms with van der Waals surface area (Å²) in [5, 5.41) is 13.8. The summed E-state index contributed by atoms with van der Waals surface area (Å²) in [5.41, 5.74) is 3.37. The first-order valence-electron chi connectivity index (χ1n) is 15.5. The predicted octanol–water partition coefficient (Wildman–Crippen LogP) is 5.69. The lowest BCUT2D eigenvalue weighted by atomic mass is 9.72. The fourth-order valence-corrected chi connectivity index (χ4v) is 6.08. The molecule has 0 atom stereocenters. The summed E-state index contributed by atoms with van der Waals surface area (Å²) in [7, 11) is 0. The lowest BCUT2D eigenvalue weighted by Crippen LogP contribution is -2.38. The summed E-state index contributed by atoms with van der Waals surface area (Å²) in [5.74, 6) is 0.859. The molecule has 1 amide bonds. The average Bonchev–Trinajstić information content (AvgIpc) is 3.42. The smallest absolute Gasteiger partial charge is 0.267 e. The van der Waals surface area contributed by atoms with E-state index in [1.165, 1.54) is 11.3 Å². The molecule has 7 nitrogen and oxygen atoms in total. The van der Waals surface area contributed by atoms with Crippen LogP contribution in [0.1, 0.15) is 100 Å². The summed E-state index contributed by atoms with van der Waals surface area (Å²) in [6.45, 7) is 19.1. The van der Waals surface area contributed by atoms with Crippen LogP contribution in [0.25, 0.3) is 0 Å². The SMILES string of the molecule is CCn1c(C(=O)NCCCN2CCOCC2)ccc1C(CC)(CC)c1ccc(OCCC(O)(CC)CC)c(C)c1. The number of morpholine rings is 1. The van der Waals surface area contributed by atoms with Crippen molar-refractivity contribution in [2.45, 2.75) is 97.6 Å². The number of nitrogens with zero attached hydrogens (tertiary/aromatic N) is 2. The van der Waals surface area contributed by atoms with Crippen LogP contribution in [-0.2, 0) is 16.7 Å². The van der Waals surface area contributed by atoms with Gasteiger partial charge in [-0.1, -0.05) is 39.8 Å². The Kier molecular flexibility index (Phi) is 12.1. The molecule has 7 heteroatoms. The Morgan fingerprint density at radius 3 is 2.33 bits per heavy atom.